The van der Waals surface area contributed by atoms with Crippen molar-refractivity contribution in [2.45, 2.75) is 52.9 Å². The van der Waals surface area contributed by atoms with Gasteiger partial charge in [0.15, 0.2) is 0 Å². The Morgan fingerprint density at radius 1 is 1.07 bits per heavy atom. The molecule has 1 N–H and O–H groups in total. The highest BCUT2D eigenvalue weighted by atomic mass is 16.7. The first-order chi connectivity index (χ1) is 13.9. The molecule has 0 saturated carbocycles. The van der Waals surface area contributed by atoms with Gasteiger partial charge in [-0.3, -0.25) is 9.79 Å². The maximum atomic E-state index is 12.6. The molecule has 1 heterocycles. The highest BCUT2D eigenvalue weighted by Gasteiger charge is 2.26. The smallest absolute Gasteiger partial charge is 0.410 e. The van der Waals surface area contributed by atoms with E-state index in [0.717, 1.165) is 11.3 Å². The third-order valence-corrected chi connectivity index (χ3v) is 4.35. The minimum atomic E-state index is -0.942. The Balaban J connectivity index is 2.09. The van der Waals surface area contributed by atoms with Crippen molar-refractivity contribution in [1.82, 2.24) is 5.32 Å². The molecular formula is C23H30N2O4. The number of hydrogen-bond acceptors (Lipinski definition) is 5. The van der Waals surface area contributed by atoms with Crippen LogP contribution in [0.4, 0.5) is 4.79 Å². The zero-order valence-corrected chi connectivity index (χ0v) is 17.5. The van der Waals surface area contributed by atoms with Gasteiger partial charge in [0.2, 0.25) is 0 Å². The van der Waals surface area contributed by atoms with Gasteiger partial charge in [0.25, 0.3) is 6.29 Å². The third kappa shape index (κ3) is 7.56. The highest BCUT2D eigenvalue weighted by Crippen LogP contribution is 2.20. The Labute approximate surface area is 172 Å². The summed E-state index contributed by atoms with van der Waals surface area (Å²) in [5.41, 5.74) is 1.90. The molecule has 6 heteroatoms. The summed E-state index contributed by atoms with van der Waals surface area (Å²) < 4.78 is 10.8. The Bertz CT molecular complexity index is 766. The molecule has 2 atom stereocenters. The molecule has 0 aliphatic carbocycles. The van der Waals surface area contributed by atoms with Crippen LogP contribution in [0.1, 0.15) is 52.1 Å². The number of ether oxygens (including phenoxy) is 2. The van der Waals surface area contributed by atoms with Gasteiger partial charge in [-0.25, -0.2) is 4.79 Å². The van der Waals surface area contributed by atoms with Crippen LogP contribution in [-0.2, 0) is 14.3 Å². The quantitative estimate of drug-likeness (QED) is 0.497. The van der Waals surface area contributed by atoms with Crippen molar-refractivity contribution in [3.63, 3.8) is 0 Å². The number of nitrogens with zero attached hydrogens (tertiary/aromatic N) is 1. The predicted octanol–water partition coefficient (Wildman–Crippen LogP) is 4.94. The van der Waals surface area contributed by atoms with Crippen molar-refractivity contribution in [2.24, 2.45) is 16.8 Å². The summed E-state index contributed by atoms with van der Waals surface area (Å²) in [6.45, 7) is 7.14. The Morgan fingerprint density at radius 3 is 2.45 bits per heavy atom. The monoisotopic (exact) mass is 398 g/mol. The molecular weight excluding hydrogens is 368 g/mol. The number of esters is 1. The predicted molar refractivity (Wildman–Crippen MR) is 113 cm³/mol. The molecule has 1 amide bonds. The summed E-state index contributed by atoms with van der Waals surface area (Å²) in [5, 5.41) is 2.91. The molecule has 156 valence electrons. The van der Waals surface area contributed by atoms with E-state index in [9.17, 15) is 9.59 Å². The number of hydrogen-bond donors (Lipinski definition) is 1. The average molecular weight is 399 g/mol. The maximum Gasteiger partial charge on any atom is 0.410 e. The lowest BCUT2D eigenvalue weighted by Crippen LogP contribution is -2.37. The summed E-state index contributed by atoms with van der Waals surface area (Å²) in [7, 11) is 0. The summed E-state index contributed by atoms with van der Waals surface area (Å²) in [4.78, 5) is 29.0. The minimum absolute atomic E-state index is 0.167. The maximum absolute atomic E-state index is 12.6. The first kappa shape index (κ1) is 22.4. The van der Waals surface area contributed by atoms with Crippen molar-refractivity contribution in [3.8, 4) is 0 Å². The molecule has 6 nitrogen and oxygen atoms in total. The van der Waals surface area contributed by atoms with Gasteiger partial charge in [-0.05, 0) is 11.6 Å². The second-order valence-electron chi connectivity index (χ2n) is 7.59. The largest absolute Gasteiger partial charge is 0.425 e. The number of benzene rings is 1. The first-order valence-corrected chi connectivity index (χ1v) is 9.96. The zero-order valence-electron chi connectivity index (χ0n) is 17.5. The second-order valence-corrected chi connectivity index (χ2v) is 7.59. The van der Waals surface area contributed by atoms with E-state index in [-0.39, 0.29) is 17.9 Å². The van der Waals surface area contributed by atoms with Crippen LogP contribution in [0.25, 0.3) is 0 Å². The zero-order chi connectivity index (χ0) is 21.2. The van der Waals surface area contributed by atoms with Crippen LogP contribution in [0.15, 0.2) is 59.8 Å². The number of allylic oxidation sites excluding steroid dienone is 3. The van der Waals surface area contributed by atoms with Gasteiger partial charge in [0, 0.05) is 30.7 Å². The third-order valence-electron chi connectivity index (χ3n) is 4.35. The first-order valence-electron chi connectivity index (χ1n) is 9.96. The molecule has 0 bridgehead atoms. The van der Waals surface area contributed by atoms with Crippen LogP contribution in [0.3, 0.4) is 0 Å². The lowest BCUT2D eigenvalue weighted by molar-refractivity contribution is -0.178. The van der Waals surface area contributed by atoms with Gasteiger partial charge in [0.1, 0.15) is 0 Å². The highest BCUT2D eigenvalue weighted by molar-refractivity contribution is 5.87. The van der Waals surface area contributed by atoms with E-state index < -0.39 is 18.4 Å². The molecule has 0 aromatic heterocycles. The molecule has 0 spiro atoms. The Hall–Kier alpha value is -2.89. The number of carbonyl (C=O) groups is 2. The average Bonchev–Trinajstić information content (AvgIpc) is 2.96. The number of aliphatic imine (C=N–C) groups is 1. The van der Waals surface area contributed by atoms with Crippen LogP contribution in [-0.4, -0.2) is 24.1 Å². The SMILES string of the molecule is CC(C)C(=O)OC(OC(=O)N[C@@H](CC1=NC=CC=CC1)c1ccccc1)C(C)C. The molecule has 1 aromatic carbocycles. The van der Waals surface area contributed by atoms with Crippen molar-refractivity contribution >= 4 is 17.8 Å². The van der Waals surface area contributed by atoms with Gasteiger partial charge >= 0.3 is 12.1 Å². The van der Waals surface area contributed by atoms with Crippen molar-refractivity contribution in [3.05, 3.63) is 60.3 Å². The van der Waals surface area contributed by atoms with Crippen LogP contribution >= 0.6 is 0 Å². The summed E-state index contributed by atoms with van der Waals surface area (Å²) in [5.74, 6) is -0.864. The minimum Gasteiger partial charge on any atom is -0.425 e. The number of rotatable bonds is 8. The fraction of sp³-hybridized carbons (Fsp3) is 0.435. The fourth-order valence-corrected chi connectivity index (χ4v) is 2.67. The van der Waals surface area contributed by atoms with Gasteiger partial charge in [-0.1, -0.05) is 70.2 Å². The number of amides is 1. The van der Waals surface area contributed by atoms with E-state index in [2.05, 4.69) is 10.3 Å². The molecule has 0 radical (unpaired) electrons. The molecule has 1 aromatic rings. The van der Waals surface area contributed by atoms with Crippen LogP contribution in [0.2, 0.25) is 0 Å². The van der Waals surface area contributed by atoms with E-state index in [0.29, 0.717) is 12.8 Å². The number of carbonyl (C=O) groups excluding carboxylic acids is 2. The lowest BCUT2D eigenvalue weighted by atomic mass is 9.99. The topological polar surface area (TPSA) is 77.0 Å². The van der Waals surface area contributed by atoms with Crippen LogP contribution < -0.4 is 5.32 Å². The molecule has 1 unspecified atom stereocenters. The molecule has 0 saturated heterocycles. The lowest BCUT2D eigenvalue weighted by Gasteiger charge is -2.25. The Morgan fingerprint density at radius 2 is 1.79 bits per heavy atom. The fourth-order valence-electron chi connectivity index (χ4n) is 2.67. The number of nitrogens with one attached hydrogen (secondary N) is 1. The normalized spacial score (nSPS) is 15.4. The van der Waals surface area contributed by atoms with Crippen LogP contribution in [0, 0.1) is 11.8 Å². The molecule has 0 fully saturated rings. The summed E-state index contributed by atoms with van der Waals surface area (Å²) >= 11 is 0. The second kappa shape index (κ2) is 11.2. The van der Waals surface area contributed by atoms with Crippen molar-refractivity contribution in [2.75, 3.05) is 0 Å². The molecule has 2 rings (SSSR count). The Kier molecular flexibility index (Phi) is 8.65. The van der Waals surface area contributed by atoms with Gasteiger partial charge < -0.3 is 14.8 Å². The number of alkyl carbamates (subject to hydrolysis) is 1. The molecule has 1 aliphatic rings. The molecule has 1 aliphatic heterocycles. The van der Waals surface area contributed by atoms with E-state index in [1.807, 2.05) is 62.4 Å². The van der Waals surface area contributed by atoms with Crippen molar-refractivity contribution < 1.29 is 19.1 Å². The molecule has 29 heavy (non-hydrogen) atoms. The van der Waals surface area contributed by atoms with Gasteiger partial charge in [-0.2, -0.15) is 0 Å². The summed E-state index contributed by atoms with van der Waals surface area (Å²) in [6, 6.07) is 9.36. The summed E-state index contributed by atoms with van der Waals surface area (Å²) in [6.07, 6.45) is 7.30. The van der Waals surface area contributed by atoms with E-state index in [4.69, 9.17) is 9.47 Å². The van der Waals surface area contributed by atoms with E-state index in [1.54, 1.807) is 20.0 Å². The van der Waals surface area contributed by atoms with Crippen LogP contribution in [0.5, 0.6) is 0 Å². The van der Waals surface area contributed by atoms with Gasteiger partial charge in [0.05, 0.1) is 12.0 Å². The van der Waals surface area contributed by atoms with E-state index in [1.165, 1.54) is 0 Å². The van der Waals surface area contributed by atoms with Gasteiger partial charge in [-0.15, -0.1) is 0 Å². The van der Waals surface area contributed by atoms with E-state index >= 15 is 0 Å². The standard InChI is InChI=1S/C23H30N2O4/c1-16(2)21(26)28-22(17(3)4)29-23(27)25-20(18-11-7-5-8-12-18)15-19-13-9-6-10-14-24-19/h5-12,14,16-17,20,22H,13,15H2,1-4H3,(H,25,27)/t20-,22?/m0/s1. The van der Waals surface area contributed by atoms with Crippen molar-refractivity contribution in [1.29, 1.82) is 0 Å².